The fourth-order valence-corrected chi connectivity index (χ4v) is 1.25. The van der Waals surface area contributed by atoms with Gasteiger partial charge in [-0.15, -0.1) is 0 Å². The highest BCUT2D eigenvalue weighted by Crippen LogP contribution is 2.14. The normalized spacial score (nSPS) is 11.1. The lowest BCUT2D eigenvalue weighted by Crippen LogP contribution is -2.53. The first-order valence-corrected chi connectivity index (χ1v) is 5.50. The van der Waals surface area contributed by atoms with Gasteiger partial charge in [0.1, 0.15) is 5.75 Å². The van der Waals surface area contributed by atoms with Gasteiger partial charge in [0, 0.05) is 11.8 Å². The van der Waals surface area contributed by atoms with Crippen LogP contribution >= 0.6 is 0 Å². The molecule has 1 aromatic carbocycles. The molecule has 0 heterocycles. The molecule has 0 radical (unpaired) electrons. The van der Waals surface area contributed by atoms with Crippen molar-refractivity contribution in [2.75, 3.05) is 25.6 Å². The summed E-state index contributed by atoms with van der Waals surface area (Å²) in [5, 5.41) is 20.5. The molecule has 0 aliphatic heterocycles. The molecule has 1 rings (SSSR count). The van der Waals surface area contributed by atoms with Crippen LogP contribution in [-0.4, -0.2) is 41.5 Å². The number of ether oxygens (including phenoxy) is 1. The molecule has 1 aromatic rings. The molecule has 0 aliphatic carbocycles. The highest BCUT2D eigenvalue weighted by molar-refractivity contribution is 5.78. The number of carbonyl (C=O) groups excluding carboxylic acids is 1. The van der Waals surface area contributed by atoms with Crippen LogP contribution in [0.25, 0.3) is 0 Å². The van der Waals surface area contributed by atoms with E-state index in [9.17, 15) is 4.79 Å². The number of hydrogen-bond acceptors (Lipinski definition) is 5. The summed E-state index contributed by atoms with van der Waals surface area (Å²) in [6.07, 6.45) is 0. The summed E-state index contributed by atoms with van der Waals surface area (Å²) in [6.45, 7) is 0.617. The first-order valence-electron chi connectivity index (χ1n) is 5.50. The van der Waals surface area contributed by atoms with E-state index in [4.69, 9.17) is 20.7 Å². The Hall–Kier alpha value is -1.79. The van der Waals surface area contributed by atoms with Crippen molar-refractivity contribution < 1.29 is 19.7 Å². The molecule has 0 aromatic heterocycles. The number of carbonyl (C=O) groups is 1. The summed E-state index contributed by atoms with van der Waals surface area (Å²) >= 11 is 0. The number of anilines is 1. The molecule has 5 N–H and O–H groups in total. The van der Waals surface area contributed by atoms with E-state index < -0.39 is 11.4 Å². The SMILES string of the molecule is CC(CO)(CO)NC(=O)COc1cccc(N)c1. The van der Waals surface area contributed by atoms with Crippen molar-refractivity contribution in [3.63, 3.8) is 0 Å². The number of rotatable bonds is 6. The molecule has 0 saturated heterocycles. The lowest BCUT2D eigenvalue weighted by molar-refractivity contribution is -0.126. The van der Waals surface area contributed by atoms with Crippen molar-refractivity contribution in [1.29, 1.82) is 0 Å². The average Bonchev–Trinajstić information content (AvgIpc) is 2.36. The third-order valence-corrected chi connectivity index (χ3v) is 2.37. The quantitative estimate of drug-likeness (QED) is 0.513. The van der Waals surface area contributed by atoms with Crippen LogP contribution in [0.4, 0.5) is 5.69 Å². The van der Waals surface area contributed by atoms with Crippen LogP contribution in [0.5, 0.6) is 5.75 Å². The third kappa shape index (κ3) is 4.23. The summed E-state index contributed by atoms with van der Waals surface area (Å²) in [5.74, 6) is 0.0582. The maximum Gasteiger partial charge on any atom is 0.258 e. The number of benzene rings is 1. The second-order valence-corrected chi connectivity index (χ2v) is 4.29. The lowest BCUT2D eigenvalue weighted by Gasteiger charge is -2.26. The first-order chi connectivity index (χ1) is 8.49. The van der Waals surface area contributed by atoms with Crippen LogP contribution < -0.4 is 15.8 Å². The molecule has 0 unspecified atom stereocenters. The Bertz CT molecular complexity index is 405. The molecule has 100 valence electrons. The number of amides is 1. The fourth-order valence-electron chi connectivity index (χ4n) is 1.25. The van der Waals surface area contributed by atoms with Crippen LogP contribution in [0, 0.1) is 0 Å². The van der Waals surface area contributed by atoms with Gasteiger partial charge in [-0.3, -0.25) is 4.79 Å². The zero-order valence-electron chi connectivity index (χ0n) is 10.2. The van der Waals surface area contributed by atoms with Crippen molar-refractivity contribution in [1.82, 2.24) is 5.32 Å². The minimum atomic E-state index is -1.05. The second kappa shape index (κ2) is 6.23. The smallest absolute Gasteiger partial charge is 0.258 e. The summed E-state index contributed by atoms with van der Waals surface area (Å²) < 4.78 is 5.23. The van der Waals surface area contributed by atoms with Gasteiger partial charge < -0.3 is 26.0 Å². The minimum absolute atomic E-state index is 0.209. The van der Waals surface area contributed by atoms with Crippen LogP contribution in [0.15, 0.2) is 24.3 Å². The van der Waals surface area contributed by atoms with Gasteiger partial charge in [-0.2, -0.15) is 0 Å². The predicted octanol–water partition coefficient (Wildman–Crippen LogP) is -0.493. The predicted molar refractivity (Wildman–Crippen MR) is 67.1 cm³/mol. The van der Waals surface area contributed by atoms with E-state index in [0.29, 0.717) is 11.4 Å². The second-order valence-electron chi connectivity index (χ2n) is 4.29. The molecule has 0 bridgehead atoms. The van der Waals surface area contributed by atoms with E-state index in [0.717, 1.165) is 0 Å². The molecule has 0 spiro atoms. The van der Waals surface area contributed by atoms with Gasteiger partial charge in [-0.25, -0.2) is 0 Å². The maximum absolute atomic E-state index is 11.5. The highest BCUT2D eigenvalue weighted by Gasteiger charge is 2.24. The minimum Gasteiger partial charge on any atom is -0.484 e. The van der Waals surface area contributed by atoms with Gasteiger partial charge in [0.05, 0.1) is 18.8 Å². The van der Waals surface area contributed by atoms with E-state index in [-0.39, 0.29) is 19.8 Å². The number of aliphatic hydroxyl groups excluding tert-OH is 2. The number of nitrogens with two attached hydrogens (primary N) is 1. The van der Waals surface area contributed by atoms with E-state index in [1.165, 1.54) is 6.92 Å². The molecular formula is C12H18N2O4. The van der Waals surface area contributed by atoms with Crippen LogP contribution in [0.1, 0.15) is 6.92 Å². The van der Waals surface area contributed by atoms with Crippen molar-refractivity contribution in [3.05, 3.63) is 24.3 Å². The molecular weight excluding hydrogens is 236 g/mol. The molecule has 0 aliphatic rings. The third-order valence-electron chi connectivity index (χ3n) is 2.37. The summed E-state index contributed by atoms with van der Waals surface area (Å²) in [6, 6.07) is 6.71. The number of nitrogens with one attached hydrogen (secondary N) is 1. The molecule has 0 saturated carbocycles. The summed E-state index contributed by atoms with van der Waals surface area (Å²) in [4.78, 5) is 11.5. The van der Waals surface area contributed by atoms with Crippen LogP contribution in [-0.2, 0) is 4.79 Å². The fraction of sp³-hybridized carbons (Fsp3) is 0.417. The van der Waals surface area contributed by atoms with Gasteiger partial charge in [0.25, 0.3) is 5.91 Å². The van der Waals surface area contributed by atoms with Gasteiger partial charge in [-0.1, -0.05) is 6.07 Å². The molecule has 18 heavy (non-hydrogen) atoms. The van der Waals surface area contributed by atoms with E-state index in [2.05, 4.69) is 5.32 Å². The lowest BCUT2D eigenvalue weighted by atomic mass is 10.1. The van der Waals surface area contributed by atoms with Crippen LogP contribution in [0.2, 0.25) is 0 Å². The Labute approximate surface area is 105 Å². The number of hydrogen-bond donors (Lipinski definition) is 4. The Balaban J connectivity index is 2.47. The maximum atomic E-state index is 11.5. The monoisotopic (exact) mass is 254 g/mol. The summed E-state index contributed by atoms with van der Waals surface area (Å²) in [5.41, 5.74) is 5.06. The van der Waals surface area contributed by atoms with Crippen molar-refractivity contribution >= 4 is 11.6 Å². The molecule has 0 atom stereocenters. The van der Waals surface area contributed by atoms with Crippen LogP contribution in [0.3, 0.4) is 0 Å². The Kier molecular flexibility index (Phi) is 4.94. The van der Waals surface area contributed by atoms with Gasteiger partial charge in [0.15, 0.2) is 6.61 Å². The average molecular weight is 254 g/mol. The Morgan fingerprint density at radius 1 is 1.44 bits per heavy atom. The van der Waals surface area contributed by atoms with E-state index >= 15 is 0 Å². The van der Waals surface area contributed by atoms with E-state index in [1.54, 1.807) is 24.3 Å². The van der Waals surface area contributed by atoms with Crippen molar-refractivity contribution in [3.8, 4) is 5.75 Å². The molecule has 6 heteroatoms. The van der Waals surface area contributed by atoms with Gasteiger partial charge in [-0.05, 0) is 19.1 Å². The summed E-state index contributed by atoms with van der Waals surface area (Å²) in [7, 11) is 0. The van der Waals surface area contributed by atoms with Gasteiger partial charge in [0.2, 0.25) is 0 Å². The standard InChI is InChI=1S/C12H18N2O4/c1-12(7-15,8-16)14-11(17)6-18-10-4-2-3-9(13)5-10/h2-5,15-16H,6-8,13H2,1H3,(H,14,17). The highest BCUT2D eigenvalue weighted by atomic mass is 16.5. The first kappa shape index (κ1) is 14.3. The Morgan fingerprint density at radius 2 is 2.11 bits per heavy atom. The topological polar surface area (TPSA) is 105 Å². The van der Waals surface area contributed by atoms with Crippen molar-refractivity contribution in [2.24, 2.45) is 0 Å². The zero-order valence-corrected chi connectivity index (χ0v) is 10.2. The van der Waals surface area contributed by atoms with E-state index in [1.807, 2.05) is 0 Å². The largest absolute Gasteiger partial charge is 0.484 e. The Morgan fingerprint density at radius 3 is 2.67 bits per heavy atom. The zero-order chi connectivity index (χ0) is 13.6. The number of aliphatic hydroxyl groups is 2. The van der Waals surface area contributed by atoms with Gasteiger partial charge >= 0.3 is 0 Å². The molecule has 0 fully saturated rings. The molecule has 6 nitrogen and oxygen atoms in total. The molecule has 1 amide bonds. The van der Waals surface area contributed by atoms with Crippen molar-refractivity contribution in [2.45, 2.75) is 12.5 Å². The number of nitrogen functional groups attached to an aromatic ring is 1.